The number of aromatic nitrogens is 1. The van der Waals surface area contributed by atoms with Gasteiger partial charge in [-0.25, -0.2) is 0 Å². The maximum atomic E-state index is 5.76. The van der Waals surface area contributed by atoms with E-state index < -0.39 is 0 Å². The second-order valence-corrected chi connectivity index (χ2v) is 6.29. The van der Waals surface area contributed by atoms with Gasteiger partial charge in [0.15, 0.2) is 0 Å². The van der Waals surface area contributed by atoms with Crippen molar-refractivity contribution in [1.82, 2.24) is 10.3 Å². The zero-order valence-electron chi connectivity index (χ0n) is 12.6. The molecule has 1 aromatic heterocycles. The second kappa shape index (κ2) is 7.75. The second-order valence-electron chi connectivity index (χ2n) is 5.13. The Labute approximate surface area is 140 Å². The first-order chi connectivity index (χ1) is 10.1. The molecular formula is C17H21IN2O. The average molecular weight is 396 g/mol. The number of nitrogens with one attached hydrogen (secondary N) is 1. The summed E-state index contributed by atoms with van der Waals surface area (Å²) in [6.07, 6.45) is 3.82. The van der Waals surface area contributed by atoms with Crippen LogP contribution >= 0.6 is 22.6 Å². The largest absolute Gasteiger partial charge is 0.489 e. The molecule has 1 unspecified atom stereocenters. The predicted octanol–water partition coefficient (Wildman–Crippen LogP) is 4.17. The Morgan fingerprint density at radius 2 is 2.00 bits per heavy atom. The van der Waals surface area contributed by atoms with E-state index in [1.54, 1.807) is 6.20 Å². The van der Waals surface area contributed by atoms with Crippen LogP contribution in [0.4, 0.5) is 0 Å². The number of hydrogen-bond donors (Lipinski definition) is 1. The van der Waals surface area contributed by atoms with Crippen LogP contribution in [0.5, 0.6) is 5.75 Å². The van der Waals surface area contributed by atoms with Crippen LogP contribution in [0, 0.1) is 3.57 Å². The number of rotatable bonds is 6. The minimum atomic E-state index is 0.131. The summed E-state index contributed by atoms with van der Waals surface area (Å²) in [6, 6.07) is 10.6. The van der Waals surface area contributed by atoms with Crippen LogP contribution in [0.1, 0.15) is 37.9 Å². The van der Waals surface area contributed by atoms with Gasteiger partial charge in [-0.05, 0) is 66.2 Å². The molecule has 0 amide bonds. The Morgan fingerprint density at radius 3 is 2.67 bits per heavy atom. The molecule has 2 aromatic rings. The van der Waals surface area contributed by atoms with Gasteiger partial charge in [0.1, 0.15) is 5.75 Å². The lowest BCUT2D eigenvalue weighted by Gasteiger charge is -2.21. The molecule has 0 saturated heterocycles. The third-order valence-electron chi connectivity index (χ3n) is 3.06. The summed E-state index contributed by atoms with van der Waals surface area (Å²) in [5, 5.41) is 3.54. The van der Waals surface area contributed by atoms with Crippen molar-refractivity contribution in [2.75, 3.05) is 6.54 Å². The minimum absolute atomic E-state index is 0.131. The van der Waals surface area contributed by atoms with Gasteiger partial charge >= 0.3 is 0 Å². The van der Waals surface area contributed by atoms with Crippen LogP contribution in [0.3, 0.4) is 0 Å². The zero-order valence-corrected chi connectivity index (χ0v) is 14.8. The van der Waals surface area contributed by atoms with Gasteiger partial charge in [0.2, 0.25) is 0 Å². The van der Waals surface area contributed by atoms with Crippen LogP contribution in [0.15, 0.2) is 42.7 Å². The normalized spacial score (nSPS) is 12.4. The molecule has 0 aliphatic rings. The van der Waals surface area contributed by atoms with E-state index in [9.17, 15) is 0 Å². The lowest BCUT2D eigenvalue weighted by Crippen LogP contribution is -2.23. The van der Waals surface area contributed by atoms with Gasteiger partial charge in [-0.3, -0.25) is 4.98 Å². The van der Waals surface area contributed by atoms with Gasteiger partial charge < -0.3 is 10.1 Å². The molecule has 1 aromatic carbocycles. The van der Waals surface area contributed by atoms with Gasteiger partial charge in [-0.2, -0.15) is 0 Å². The van der Waals surface area contributed by atoms with Gasteiger partial charge in [-0.15, -0.1) is 0 Å². The van der Waals surface area contributed by atoms with Crippen molar-refractivity contribution >= 4 is 22.6 Å². The number of ether oxygens (including phenoxy) is 1. The van der Waals surface area contributed by atoms with Crippen molar-refractivity contribution in [1.29, 1.82) is 0 Å². The molecule has 2 rings (SSSR count). The molecule has 0 radical (unpaired) electrons. The van der Waals surface area contributed by atoms with E-state index in [-0.39, 0.29) is 12.1 Å². The number of halogens is 1. The molecule has 0 spiro atoms. The molecule has 1 N–H and O–H groups in total. The van der Waals surface area contributed by atoms with Gasteiger partial charge in [0.25, 0.3) is 0 Å². The van der Waals surface area contributed by atoms with E-state index in [4.69, 9.17) is 4.74 Å². The molecule has 0 bridgehead atoms. The lowest BCUT2D eigenvalue weighted by atomic mass is 10.00. The Kier molecular flexibility index (Phi) is 5.99. The van der Waals surface area contributed by atoms with E-state index in [1.165, 1.54) is 9.13 Å². The quantitative estimate of drug-likeness (QED) is 0.745. The van der Waals surface area contributed by atoms with E-state index in [1.807, 2.05) is 20.0 Å². The van der Waals surface area contributed by atoms with Crippen molar-refractivity contribution in [3.05, 3.63) is 57.4 Å². The van der Waals surface area contributed by atoms with E-state index >= 15 is 0 Å². The summed E-state index contributed by atoms with van der Waals surface area (Å²) in [7, 11) is 0. The number of pyridine rings is 1. The molecule has 0 aliphatic carbocycles. The minimum Gasteiger partial charge on any atom is -0.489 e. The van der Waals surface area contributed by atoms with Crippen LogP contribution in [0.25, 0.3) is 0 Å². The van der Waals surface area contributed by atoms with E-state index in [2.05, 4.69) is 70.1 Å². The zero-order chi connectivity index (χ0) is 15.2. The van der Waals surface area contributed by atoms with Crippen molar-refractivity contribution in [3.8, 4) is 5.75 Å². The van der Waals surface area contributed by atoms with Gasteiger partial charge in [0.05, 0.1) is 18.3 Å². The highest BCUT2D eigenvalue weighted by Crippen LogP contribution is 2.27. The monoisotopic (exact) mass is 396 g/mol. The average Bonchev–Trinajstić information content (AvgIpc) is 2.45. The van der Waals surface area contributed by atoms with Gasteiger partial charge in [-0.1, -0.05) is 25.1 Å². The van der Waals surface area contributed by atoms with Crippen LogP contribution in [-0.2, 0) is 0 Å². The summed E-state index contributed by atoms with van der Waals surface area (Å²) in [5.74, 6) is 0.816. The van der Waals surface area contributed by atoms with Crippen molar-refractivity contribution in [2.24, 2.45) is 0 Å². The third-order valence-corrected chi connectivity index (χ3v) is 4.05. The highest BCUT2D eigenvalue weighted by atomic mass is 127. The summed E-state index contributed by atoms with van der Waals surface area (Å²) in [5.41, 5.74) is 2.39. The molecular weight excluding hydrogens is 375 g/mol. The summed E-state index contributed by atoms with van der Waals surface area (Å²) in [4.78, 5) is 4.33. The first-order valence-corrected chi connectivity index (χ1v) is 8.29. The van der Waals surface area contributed by atoms with Crippen molar-refractivity contribution in [2.45, 2.75) is 32.9 Å². The van der Waals surface area contributed by atoms with Gasteiger partial charge in [0, 0.05) is 9.77 Å². The highest BCUT2D eigenvalue weighted by molar-refractivity contribution is 14.1. The van der Waals surface area contributed by atoms with E-state index in [0.29, 0.717) is 0 Å². The standard InChI is InChI=1S/C17H21IN2O/c1-4-20-17(15-7-5-6-8-16(15)18)13-9-14(11-19-10-13)21-12(2)3/h5-12,17,20H,4H2,1-3H3. The number of benzene rings is 1. The van der Waals surface area contributed by atoms with Crippen LogP contribution < -0.4 is 10.1 Å². The number of hydrogen-bond acceptors (Lipinski definition) is 3. The van der Waals surface area contributed by atoms with Crippen molar-refractivity contribution in [3.63, 3.8) is 0 Å². The molecule has 1 heterocycles. The smallest absolute Gasteiger partial charge is 0.138 e. The summed E-state index contributed by atoms with van der Waals surface area (Å²) in [6.45, 7) is 7.05. The Morgan fingerprint density at radius 1 is 1.24 bits per heavy atom. The van der Waals surface area contributed by atoms with Crippen LogP contribution in [-0.4, -0.2) is 17.6 Å². The predicted molar refractivity (Wildman–Crippen MR) is 94.7 cm³/mol. The maximum Gasteiger partial charge on any atom is 0.138 e. The van der Waals surface area contributed by atoms with E-state index in [0.717, 1.165) is 17.9 Å². The van der Waals surface area contributed by atoms with Crippen molar-refractivity contribution < 1.29 is 4.74 Å². The number of nitrogens with zero attached hydrogens (tertiary/aromatic N) is 1. The molecule has 0 fully saturated rings. The Balaban J connectivity index is 2.36. The molecule has 21 heavy (non-hydrogen) atoms. The summed E-state index contributed by atoms with van der Waals surface area (Å²) < 4.78 is 7.00. The topological polar surface area (TPSA) is 34.2 Å². The summed E-state index contributed by atoms with van der Waals surface area (Å²) >= 11 is 2.38. The fourth-order valence-electron chi connectivity index (χ4n) is 2.25. The Hall–Kier alpha value is -1.14. The molecule has 3 nitrogen and oxygen atoms in total. The first-order valence-electron chi connectivity index (χ1n) is 7.21. The Bertz CT molecular complexity index is 587. The molecule has 1 atom stereocenters. The molecule has 112 valence electrons. The molecule has 0 aliphatic heterocycles. The molecule has 4 heteroatoms. The highest BCUT2D eigenvalue weighted by Gasteiger charge is 2.16. The van der Waals surface area contributed by atoms with Crippen LogP contribution in [0.2, 0.25) is 0 Å². The maximum absolute atomic E-state index is 5.76. The SMILES string of the molecule is CCNC(c1cncc(OC(C)C)c1)c1ccccc1I. The lowest BCUT2D eigenvalue weighted by molar-refractivity contribution is 0.241. The third kappa shape index (κ3) is 4.41. The fourth-order valence-corrected chi connectivity index (χ4v) is 2.95. The first kappa shape index (κ1) is 16.2. The molecule has 0 saturated carbocycles. The fraction of sp³-hybridized carbons (Fsp3) is 0.353.